The zero-order valence-corrected chi connectivity index (χ0v) is 17.9. The molecule has 8 nitrogen and oxygen atoms in total. The summed E-state index contributed by atoms with van der Waals surface area (Å²) in [6.07, 6.45) is 0. The number of carbonyl (C=O) groups excluding carboxylic acids is 1. The van der Waals surface area contributed by atoms with Crippen molar-refractivity contribution in [1.29, 1.82) is 0 Å². The maximum Gasteiger partial charge on any atom is 0.335 e. The first-order valence-corrected chi connectivity index (χ1v) is 10.3. The highest BCUT2D eigenvalue weighted by Crippen LogP contribution is 2.31. The number of carboxylic acids is 1. The first-order chi connectivity index (χ1) is 14.8. The second kappa shape index (κ2) is 8.39. The molecule has 1 aliphatic heterocycles. The van der Waals surface area contributed by atoms with E-state index in [2.05, 4.69) is 21.9 Å². The molecule has 0 atom stereocenters. The van der Waals surface area contributed by atoms with E-state index in [9.17, 15) is 14.7 Å². The number of fused-ring (bicyclic) bond motifs is 1. The number of carboxylic acid groups (broad SMARTS) is 1. The number of aromatic carboxylic acids is 1. The second-order valence-electron chi connectivity index (χ2n) is 8.03. The van der Waals surface area contributed by atoms with E-state index in [1.54, 1.807) is 18.2 Å². The Morgan fingerprint density at radius 3 is 2.42 bits per heavy atom. The van der Waals surface area contributed by atoms with Crippen molar-refractivity contribution in [3.8, 4) is 17.1 Å². The van der Waals surface area contributed by atoms with E-state index in [1.165, 1.54) is 0 Å². The number of carbonyl (C=O) groups is 2. The van der Waals surface area contributed by atoms with Crippen molar-refractivity contribution in [2.24, 2.45) is 0 Å². The van der Waals surface area contributed by atoms with Crippen molar-refractivity contribution >= 4 is 22.9 Å². The quantitative estimate of drug-likeness (QED) is 0.656. The SMILES string of the molecule is Cc1cc(OCC(=O)N2CCN(C)CC2)cc(C)c1-c1nc2ccc(C(=O)O)cc2[nH]1. The number of amides is 1. The highest BCUT2D eigenvalue weighted by molar-refractivity contribution is 5.93. The lowest BCUT2D eigenvalue weighted by Gasteiger charge is -2.32. The van der Waals surface area contributed by atoms with E-state index in [4.69, 9.17) is 4.74 Å². The van der Waals surface area contributed by atoms with Gasteiger partial charge in [0.15, 0.2) is 6.61 Å². The second-order valence-corrected chi connectivity index (χ2v) is 8.03. The summed E-state index contributed by atoms with van der Waals surface area (Å²) in [6, 6.07) is 8.62. The molecule has 0 spiro atoms. The van der Waals surface area contributed by atoms with Crippen LogP contribution in [0.2, 0.25) is 0 Å². The van der Waals surface area contributed by atoms with E-state index < -0.39 is 5.97 Å². The molecule has 1 aromatic heterocycles. The lowest BCUT2D eigenvalue weighted by molar-refractivity contribution is -0.134. The molecule has 0 saturated carbocycles. The summed E-state index contributed by atoms with van der Waals surface area (Å²) in [5.41, 5.74) is 4.44. The molecule has 8 heteroatoms. The molecule has 1 amide bonds. The Labute approximate surface area is 180 Å². The molecule has 0 bridgehead atoms. The maximum absolute atomic E-state index is 12.4. The molecule has 2 aromatic carbocycles. The lowest BCUT2D eigenvalue weighted by Crippen LogP contribution is -2.48. The Balaban J connectivity index is 1.51. The van der Waals surface area contributed by atoms with Gasteiger partial charge < -0.3 is 24.6 Å². The van der Waals surface area contributed by atoms with E-state index in [0.29, 0.717) is 22.6 Å². The van der Waals surface area contributed by atoms with Crippen LogP contribution in [-0.2, 0) is 4.79 Å². The van der Waals surface area contributed by atoms with Crippen LogP contribution < -0.4 is 4.74 Å². The minimum absolute atomic E-state index is 0.000925. The number of imidazole rings is 1. The van der Waals surface area contributed by atoms with Gasteiger partial charge in [0.25, 0.3) is 5.91 Å². The van der Waals surface area contributed by atoms with Crippen LogP contribution in [-0.4, -0.2) is 76.6 Å². The normalized spacial score (nSPS) is 14.7. The zero-order valence-electron chi connectivity index (χ0n) is 17.9. The van der Waals surface area contributed by atoms with E-state index in [1.807, 2.05) is 30.9 Å². The molecular formula is C23H26N4O4. The van der Waals surface area contributed by atoms with Crippen LogP contribution in [0.15, 0.2) is 30.3 Å². The number of nitrogens with zero attached hydrogens (tertiary/aromatic N) is 3. The maximum atomic E-state index is 12.4. The fourth-order valence-corrected chi connectivity index (χ4v) is 3.93. The lowest BCUT2D eigenvalue weighted by atomic mass is 10.0. The fraction of sp³-hybridized carbons (Fsp3) is 0.348. The smallest absolute Gasteiger partial charge is 0.335 e. The number of hydrogen-bond acceptors (Lipinski definition) is 5. The zero-order chi connectivity index (χ0) is 22.1. The minimum Gasteiger partial charge on any atom is -0.484 e. The van der Waals surface area contributed by atoms with Crippen molar-refractivity contribution < 1.29 is 19.4 Å². The average molecular weight is 422 g/mol. The van der Waals surface area contributed by atoms with Gasteiger partial charge in [-0.1, -0.05) is 0 Å². The number of likely N-dealkylation sites (N-methyl/N-ethyl adjacent to an activating group) is 1. The van der Waals surface area contributed by atoms with Crippen LogP contribution in [0.1, 0.15) is 21.5 Å². The molecular weight excluding hydrogens is 396 g/mol. The number of ether oxygens (including phenoxy) is 1. The van der Waals surface area contributed by atoms with Crippen LogP contribution in [0, 0.1) is 13.8 Å². The van der Waals surface area contributed by atoms with Gasteiger partial charge >= 0.3 is 5.97 Å². The molecule has 0 radical (unpaired) electrons. The van der Waals surface area contributed by atoms with Crippen molar-refractivity contribution in [3.05, 3.63) is 47.0 Å². The Morgan fingerprint density at radius 1 is 1.10 bits per heavy atom. The van der Waals surface area contributed by atoms with Crippen molar-refractivity contribution in [3.63, 3.8) is 0 Å². The summed E-state index contributed by atoms with van der Waals surface area (Å²) >= 11 is 0. The number of rotatable bonds is 5. The molecule has 1 saturated heterocycles. The van der Waals surface area contributed by atoms with Crippen LogP contribution in [0.3, 0.4) is 0 Å². The highest BCUT2D eigenvalue weighted by atomic mass is 16.5. The molecule has 31 heavy (non-hydrogen) atoms. The van der Waals surface area contributed by atoms with Gasteiger partial charge in [0.05, 0.1) is 16.6 Å². The number of piperazine rings is 1. The fourth-order valence-electron chi connectivity index (χ4n) is 3.93. The molecule has 2 heterocycles. The molecule has 1 aliphatic rings. The van der Waals surface area contributed by atoms with Gasteiger partial charge in [-0.15, -0.1) is 0 Å². The molecule has 1 fully saturated rings. The first-order valence-electron chi connectivity index (χ1n) is 10.3. The molecule has 3 aromatic rings. The molecule has 4 rings (SSSR count). The Kier molecular flexibility index (Phi) is 5.65. The predicted molar refractivity (Wildman–Crippen MR) is 118 cm³/mol. The third-order valence-corrected chi connectivity index (χ3v) is 5.69. The van der Waals surface area contributed by atoms with Gasteiger partial charge in [0.2, 0.25) is 0 Å². The third kappa shape index (κ3) is 4.39. The van der Waals surface area contributed by atoms with E-state index >= 15 is 0 Å². The summed E-state index contributed by atoms with van der Waals surface area (Å²) < 4.78 is 5.80. The van der Waals surface area contributed by atoms with E-state index in [0.717, 1.165) is 42.9 Å². The topological polar surface area (TPSA) is 98.8 Å². The monoisotopic (exact) mass is 422 g/mol. The van der Waals surface area contributed by atoms with Gasteiger partial charge in [0.1, 0.15) is 11.6 Å². The molecule has 0 unspecified atom stereocenters. The summed E-state index contributed by atoms with van der Waals surface area (Å²) in [5.74, 6) is 0.343. The van der Waals surface area contributed by atoms with Crippen molar-refractivity contribution in [2.75, 3.05) is 39.8 Å². The van der Waals surface area contributed by atoms with E-state index in [-0.39, 0.29) is 18.1 Å². The van der Waals surface area contributed by atoms with Gasteiger partial charge in [-0.05, 0) is 62.4 Å². The molecule has 2 N–H and O–H groups in total. The number of nitrogens with one attached hydrogen (secondary N) is 1. The summed E-state index contributed by atoms with van der Waals surface area (Å²) in [6.45, 7) is 7.16. The Bertz CT molecular complexity index is 1120. The van der Waals surface area contributed by atoms with Crippen molar-refractivity contribution in [1.82, 2.24) is 19.8 Å². The van der Waals surface area contributed by atoms with Gasteiger partial charge in [-0.25, -0.2) is 9.78 Å². The standard InChI is InChI=1S/C23H26N4O4/c1-14-10-17(31-13-20(28)27-8-6-26(3)7-9-27)11-15(2)21(14)22-24-18-5-4-16(23(29)30)12-19(18)25-22/h4-5,10-12H,6-9,13H2,1-3H3,(H,24,25)(H,29,30). The highest BCUT2D eigenvalue weighted by Gasteiger charge is 2.20. The average Bonchev–Trinajstić information content (AvgIpc) is 3.14. The van der Waals surface area contributed by atoms with Gasteiger partial charge in [0, 0.05) is 31.7 Å². The van der Waals surface area contributed by atoms with Gasteiger partial charge in [-0.2, -0.15) is 0 Å². The largest absolute Gasteiger partial charge is 0.484 e. The van der Waals surface area contributed by atoms with Crippen LogP contribution in [0.25, 0.3) is 22.4 Å². The van der Waals surface area contributed by atoms with Crippen LogP contribution in [0.5, 0.6) is 5.75 Å². The molecule has 0 aliphatic carbocycles. The summed E-state index contributed by atoms with van der Waals surface area (Å²) in [4.78, 5) is 35.5. The number of aryl methyl sites for hydroxylation is 2. The summed E-state index contributed by atoms with van der Waals surface area (Å²) in [5, 5.41) is 9.19. The third-order valence-electron chi connectivity index (χ3n) is 5.69. The number of H-pyrrole nitrogens is 1. The van der Waals surface area contributed by atoms with Crippen LogP contribution >= 0.6 is 0 Å². The number of benzene rings is 2. The number of aromatic amines is 1. The summed E-state index contributed by atoms with van der Waals surface area (Å²) in [7, 11) is 2.05. The Morgan fingerprint density at radius 2 is 1.77 bits per heavy atom. The first kappa shape index (κ1) is 20.9. The predicted octanol–water partition coefficient (Wildman–Crippen LogP) is 2.70. The van der Waals surface area contributed by atoms with Gasteiger partial charge in [-0.3, -0.25) is 4.79 Å². The van der Waals surface area contributed by atoms with Crippen molar-refractivity contribution in [2.45, 2.75) is 13.8 Å². The van der Waals surface area contributed by atoms with Crippen LogP contribution in [0.4, 0.5) is 0 Å². The number of aromatic nitrogens is 2. The number of hydrogen-bond donors (Lipinski definition) is 2. The Hall–Kier alpha value is -3.39. The molecule has 162 valence electrons. The minimum atomic E-state index is -0.974.